The Hall–Kier alpha value is -2.68. The zero-order chi connectivity index (χ0) is 26.6. The Kier molecular flexibility index (Phi) is 8.72. The molecule has 1 heterocycles. The van der Waals surface area contributed by atoms with Crippen LogP contribution in [0.25, 0.3) is 5.57 Å². The minimum atomic E-state index is -3.89. The van der Waals surface area contributed by atoms with Crippen LogP contribution in [0.3, 0.4) is 0 Å². The van der Waals surface area contributed by atoms with Crippen molar-refractivity contribution in [2.45, 2.75) is 63.0 Å². The molecular formula is C29H38N2O5S. The number of fused-ring (bicyclic) bond motifs is 1. The van der Waals surface area contributed by atoms with Crippen LogP contribution in [-0.2, 0) is 21.2 Å². The normalized spacial score (nSPS) is 22.5. The fourth-order valence-corrected chi connectivity index (χ4v) is 6.85. The molecule has 0 aromatic heterocycles. The molecule has 3 atom stereocenters. The second-order valence-corrected chi connectivity index (χ2v) is 12.2. The predicted molar refractivity (Wildman–Crippen MR) is 145 cm³/mol. The van der Waals surface area contributed by atoms with Crippen molar-refractivity contribution in [1.82, 2.24) is 9.21 Å². The molecule has 1 aliphatic carbocycles. The summed E-state index contributed by atoms with van der Waals surface area (Å²) >= 11 is 0. The lowest BCUT2D eigenvalue weighted by atomic mass is 9.93. The van der Waals surface area contributed by atoms with Crippen LogP contribution in [0.5, 0.6) is 5.75 Å². The molecule has 0 saturated heterocycles. The number of sulfonamides is 1. The van der Waals surface area contributed by atoms with Gasteiger partial charge < -0.3 is 14.7 Å². The minimum Gasteiger partial charge on any atom is -0.487 e. The van der Waals surface area contributed by atoms with Crippen molar-refractivity contribution in [2.24, 2.45) is 5.92 Å². The summed E-state index contributed by atoms with van der Waals surface area (Å²) in [5.74, 6) is 0.0552. The van der Waals surface area contributed by atoms with Gasteiger partial charge in [0.2, 0.25) is 15.9 Å². The highest BCUT2D eigenvalue weighted by molar-refractivity contribution is 7.89. The molecule has 37 heavy (non-hydrogen) atoms. The molecule has 200 valence electrons. The van der Waals surface area contributed by atoms with E-state index in [0.717, 1.165) is 36.8 Å². The van der Waals surface area contributed by atoms with Crippen LogP contribution in [0.1, 0.15) is 50.7 Å². The van der Waals surface area contributed by atoms with E-state index in [9.17, 15) is 18.3 Å². The van der Waals surface area contributed by atoms with E-state index in [-0.39, 0.29) is 36.3 Å². The first-order valence-electron chi connectivity index (χ1n) is 13.1. The molecule has 0 bridgehead atoms. The van der Waals surface area contributed by atoms with Gasteiger partial charge >= 0.3 is 0 Å². The summed E-state index contributed by atoms with van der Waals surface area (Å²) in [6, 6.07) is 14.3. The zero-order valence-electron chi connectivity index (χ0n) is 22.0. The summed E-state index contributed by atoms with van der Waals surface area (Å²) in [5.41, 5.74) is 3.11. The van der Waals surface area contributed by atoms with Gasteiger partial charge in [0, 0.05) is 25.6 Å². The van der Waals surface area contributed by atoms with E-state index in [1.807, 2.05) is 49.4 Å². The molecule has 0 radical (unpaired) electrons. The van der Waals surface area contributed by atoms with Crippen LogP contribution < -0.4 is 4.74 Å². The number of benzene rings is 2. The SMILES string of the molecule is C[C@H]1CN([C@@H](C)CO)S(=O)(=O)c2ccc(C3=CCCCC3)cc2O[C@H]1CN(C)C(=O)Cc1ccccc1. The van der Waals surface area contributed by atoms with E-state index < -0.39 is 22.2 Å². The van der Waals surface area contributed by atoms with E-state index >= 15 is 0 Å². The van der Waals surface area contributed by atoms with Crippen LogP contribution in [0.4, 0.5) is 0 Å². The van der Waals surface area contributed by atoms with Gasteiger partial charge in [0.15, 0.2) is 0 Å². The molecule has 0 saturated carbocycles. The highest BCUT2D eigenvalue weighted by atomic mass is 32.2. The van der Waals surface area contributed by atoms with Crippen molar-refractivity contribution in [3.8, 4) is 5.75 Å². The number of rotatable bonds is 7. The van der Waals surface area contributed by atoms with Gasteiger partial charge in [0.05, 0.1) is 19.6 Å². The van der Waals surface area contributed by atoms with Crippen LogP contribution in [0.15, 0.2) is 59.5 Å². The number of likely N-dealkylation sites (N-methyl/N-ethyl adjacent to an activating group) is 1. The molecule has 2 aromatic rings. The molecule has 2 aliphatic rings. The van der Waals surface area contributed by atoms with Gasteiger partial charge in [-0.3, -0.25) is 4.79 Å². The summed E-state index contributed by atoms with van der Waals surface area (Å²) in [4.78, 5) is 14.8. The van der Waals surface area contributed by atoms with Crippen LogP contribution in [0, 0.1) is 5.92 Å². The number of nitrogens with zero attached hydrogens (tertiary/aromatic N) is 2. The lowest BCUT2D eigenvalue weighted by Crippen LogP contribution is -2.50. The minimum absolute atomic E-state index is 0.0291. The Morgan fingerprint density at radius 3 is 2.62 bits per heavy atom. The first-order valence-corrected chi connectivity index (χ1v) is 14.6. The van der Waals surface area contributed by atoms with Gasteiger partial charge in [0.25, 0.3) is 0 Å². The third-order valence-electron chi connectivity index (χ3n) is 7.41. The van der Waals surface area contributed by atoms with Crippen molar-refractivity contribution in [3.05, 3.63) is 65.7 Å². The lowest BCUT2D eigenvalue weighted by Gasteiger charge is -2.37. The van der Waals surface area contributed by atoms with Gasteiger partial charge in [-0.2, -0.15) is 4.31 Å². The maximum atomic E-state index is 13.7. The fraction of sp³-hybridized carbons (Fsp3) is 0.483. The van der Waals surface area contributed by atoms with Crippen molar-refractivity contribution in [3.63, 3.8) is 0 Å². The summed E-state index contributed by atoms with van der Waals surface area (Å²) in [6.07, 6.45) is 6.32. The highest BCUT2D eigenvalue weighted by Crippen LogP contribution is 2.37. The maximum Gasteiger partial charge on any atom is 0.247 e. The van der Waals surface area contributed by atoms with Gasteiger partial charge in [-0.25, -0.2) is 8.42 Å². The van der Waals surface area contributed by atoms with Gasteiger partial charge in [-0.05, 0) is 61.4 Å². The topological polar surface area (TPSA) is 87.2 Å². The number of aliphatic hydroxyl groups excluding tert-OH is 1. The number of aliphatic hydroxyl groups is 1. The van der Waals surface area contributed by atoms with Gasteiger partial charge in [-0.15, -0.1) is 0 Å². The van der Waals surface area contributed by atoms with E-state index in [2.05, 4.69) is 6.08 Å². The number of hydrogen-bond donors (Lipinski definition) is 1. The number of allylic oxidation sites excluding steroid dienone is 2. The van der Waals surface area contributed by atoms with Crippen molar-refractivity contribution in [1.29, 1.82) is 0 Å². The summed E-state index contributed by atoms with van der Waals surface area (Å²) < 4.78 is 35.2. The van der Waals surface area contributed by atoms with Crippen molar-refractivity contribution >= 4 is 21.5 Å². The number of ether oxygens (including phenoxy) is 1. The number of carbonyl (C=O) groups excluding carboxylic acids is 1. The Balaban J connectivity index is 1.67. The molecule has 1 aliphatic heterocycles. The monoisotopic (exact) mass is 526 g/mol. The lowest BCUT2D eigenvalue weighted by molar-refractivity contribution is -0.130. The molecule has 0 spiro atoms. The molecule has 7 nitrogen and oxygen atoms in total. The van der Waals surface area contributed by atoms with Crippen molar-refractivity contribution < 1.29 is 23.1 Å². The van der Waals surface area contributed by atoms with Crippen LogP contribution in [0.2, 0.25) is 0 Å². The standard InChI is InChI=1S/C29H38N2O5S/c1-21-18-31(22(2)20-32)37(34,35)28-15-14-25(24-12-8-5-9-13-24)17-26(28)36-27(21)19-30(3)29(33)16-23-10-6-4-7-11-23/h4,6-7,10-12,14-15,17,21-22,27,32H,5,8-9,13,16,18-20H2,1-3H3/t21-,22-,27-/m0/s1. The molecule has 1 amide bonds. The molecule has 4 rings (SSSR count). The highest BCUT2D eigenvalue weighted by Gasteiger charge is 2.38. The Labute approximate surface area is 220 Å². The molecule has 1 N–H and O–H groups in total. The molecule has 0 unspecified atom stereocenters. The third-order valence-corrected chi connectivity index (χ3v) is 9.43. The third kappa shape index (κ3) is 6.25. The number of carbonyl (C=O) groups is 1. The van der Waals surface area contributed by atoms with E-state index in [1.54, 1.807) is 24.9 Å². The largest absolute Gasteiger partial charge is 0.487 e. The summed E-state index contributed by atoms with van der Waals surface area (Å²) in [6.45, 7) is 3.86. The quantitative estimate of drug-likeness (QED) is 0.587. The average molecular weight is 527 g/mol. The average Bonchev–Trinajstić information content (AvgIpc) is 2.91. The van der Waals surface area contributed by atoms with Gasteiger partial charge in [0.1, 0.15) is 16.7 Å². The van der Waals surface area contributed by atoms with E-state index in [0.29, 0.717) is 12.3 Å². The Morgan fingerprint density at radius 2 is 1.95 bits per heavy atom. The fourth-order valence-electron chi connectivity index (χ4n) is 5.02. The second-order valence-electron chi connectivity index (χ2n) is 10.3. The Morgan fingerprint density at radius 1 is 1.19 bits per heavy atom. The summed E-state index contributed by atoms with van der Waals surface area (Å²) in [5, 5.41) is 9.86. The predicted octanol–water partition coefficient (Wildman–Crippen LogP) is 4.11. The number of hydrogen-bond acceptors (Lipinski definition) is 5. The first-order chi connectivity index (χ1) is 17.7. The van der Waals surface area contributed by atoms with Crippen LogP contribution in [-0.4, -0.2) is 67.5 Å². The van der Waals surface area contributed by atoms with Crippen LogP contribution >= 0.6 is 0 Å². The van der Waals surface area contributed by atoms with E-state index in [1.165, 1.54) is 9.88 Å². The van der Waals surface area contributed by atoms with E-state index in [4.69, 9.17) is 4.74 Å². The maximum absolute atomic E-state index is 13.7. The molecular weight excluding hydrogens is 488 g/mol. The zero-order valence-corrected chi connectivity index (χ0v) is 22.8. The molecule has 2 aromatic carbocycles. The Bertz CT molecular complexity index is 1230. The second kappa shape index (κ2) is 11.8. The number of amides is 1. The van der Waals surface area contributed by atoms with Crippen molar-refractivity contribution in [2.75, 3.05) is 26.7 Å². The summed E-state index contributed by atoms with van der Waals surface area (Å²) in [7, 11) is -2.14. The smallest absolute Gasteiger partial charge is 0.247 e. The molecule has 8 heteroatoms. The first kappa shape index (κ1) is 27.4. The van der Waals surface area contributed by atoms with Gasteiger partial charge in [-0.1, -0.05) is 49.4 Å². The molecule has 0 fully saturated rings.